The summed E-state index contributed by atoms with van der Waals surface area (Å²) in [4.78, 5) is 24.0. The molecule has 2 amide bonds. The third-order valence-electron chi connectivity index (χ3n) is 3.46. The fourth-order valence-corrected chi connectivity index (χ4v) is 1.77. The van der Waals surface area contributed by atoms with E-state index in [0.29, 0.717) is 11.3 Å². The van der Waals surface area contributed by atoms with Crippen LogP contribution in [0.4, 0.5) is 5.69 Å². The molecule has 0 atom stereocenters. The number of rotatable bonds is 6. The highest BCUT2D eigenvalue weighted by atomic mass is 16.2. The molecule has 1 aromatic heterocycles. The first-order valence-electron chi connectivity index (χ1n) is 7.33. The Hall–Kier alpha value is -2.77. The van der Waals surface area contributed by atoms with Crippen LogP contribution in [0.1, 0.15) is 37.6 Å². The number of anilines is 1. The van der Waals surface area contributed by atoms with Gasteiger partial charge in [0, 0.05) is 16.8 Å². The summed E-state index contributed by atoms with van der Waals surface area (Å²) in [5.41, 5.74) is 0.898. The van der Waals surface area contributed by atoms with E-state index in [9.17, 15) is 9.59 Å². The van der Waals surface area contributed by atoms with Crippen LogP contribution in [0.3, 0.4) is 0 Å². The lowest BCUT2D eigenvalue weighted by atomic mass is 10.0. The van der Waals surface area contributed by atoms with E-state index in [2.05, 4.69) is 26.2 Å². The average Bonchev–Trinajstić information content (AvgIpc) is 3.00. The van der Waals surface area contributed by atoms with Gasteiger partial charge in [0.25, 0.3) is 5.91 Å². The lowest BCUT2D eigenvalue weighted by Crippen LogP contribution is -2.42. The van der Waals surface area contributed by atoms with Crippen LogP contribution in [0, 0.1) is 0 Å². The van der Waals surface area contributed by atoms with Gasteiger partial charge in [-0.05, 0) is 55.0 Å². The van der Waals surface area contributed by atoms with Crippen molar-refractivity contribution >= 4 is 17.5 Å². The highest BCUT2D eigenvalue weighted by Gasteiger charge is 2.18. The molecular formula is C15H20N6O2. The van der Waals surface area contributed by atoms with Crippen molar-refractivity contribution in [1.82, 2.24) is 25.5 Å². The Morgan fingerprint density at radius 3 is 2.48 bits per heavy atom. The smallest absolute Gasteiger partial charge is 0.251 e. The number of hydrogen-bond acceptors (Lipinski definition) is 5. The topological polar surface area (TPSA) is 102 Å². The van der Waals surface area contributed by atoms with Crippen LogP contribution < -0.4 is 10.6 Å². The molecule has 0 aliphatic rings. The normalized spacial score (nSPS) is 11.1. The van der Waals surface area contributed by atoms with Crippen molar-refractivity contribution in [1.29, 1.82) is 0 Å². The molecule has 0 aliphatic heterocycles. The van der Waals surface area contributed by atoms with Crippen LogP contribution in [-0.4, -0.2) is 37.6 Å². The van der Waals surface area contributed by atoms with Crippen molar-refractivity contribution in [2.45, 2.75) is 39.3 Å². The third kappa shape index (κ3) is 4.87. The van der Waals surface area contributed by atoms with Gasteiger partial charge >= 0.3 is 0 Å². The first-order chi connectivity index (χ1) is 10.9. The Balaban J connectivity index is 1.94. The molecule has 2 aromatic rings. The van der Waals surface area contributed by atoms with Gasteiger partial charge in [-0.2, -0.15) is 0 Å². The van der Waals surface area contributed by atoms with Crippen LogP contribution in [0.25, 0.3) is 0 Å². The zero-order chi connectivity index (χ0) is 16.9. The minimum atomic E-state index is -0.254. The lowest BCUT2D eigenvalue weighted by Gasteiger charge is -2.24. The monoisotopic (exact) mass is 316 g/mol. The Bertz CT molecular complexity index is 664. The van der Waals surface area contributed by atoms with Crippen molar-refractivity contribution in [3.05, 3.63) is 36.2 Å². The second-order valence-corrected chi connectivity index (χ2v) is 5.82. The molecule has 0 saturated heterocycles. The minimum Gasteiger partial charge on any atom is -0.347 e. The van der Waals surface area contributed by atoms with E-state index in [1.54, 1.807) is 24.3 Å². The zero-order valence-corrected chi connectivity index (χ0v) is 13.4. The number of tetrazole rings is 1. The highest BCUT2D eigenvalue weighted by molar-refractivity contribution is 5.96. The van der Waals surface area contributed by atoms with Gasteiger partial charge in [0.05, 0.1) is 0 Å². The Kier molecular flexibility index (Phi) is 5.05. The fourth-order valence-electron chi connectivity index (χ4n) is 1.77. The van der Waals surface area contributed by atoms with Gasteiger partial charge in [-0.3, -0.25) is 9.59 Å². The van der Waals surface area contributed by atoms with Crippen LogP contribution in [0.5, 0.6) is 0 Å². The van der Waals surface area contributed by atoms with Crippen molar-refractivity contribution in [2.75, 3.05) is 5.32 Å². The van der Waals surface area contributed by atoms with Gasteiger partial charge in [0.1, 0.15) is 12.9 Å². The van der Waals surface area contributed by atoms with E-state index in [4.69, 9.17) is 0 Å². The minimum absolute atomic E-state index is 0.0277. The highest BCUT2D eigenvalue weighted by Crippen LogP contribution is 2.12. The molecule has 0 bridgehead atoms. The van der Waals surface area contributed by atoms with Crippen molar-refractivity contribution < 1.29 is 9.59 Å². The standard InChI is InChI=1S/C15H20N6O2/c1-4-15(2,3)18-14(23)11-5-7-12(8-6-11)17-13(22)9-21-10-16-19-20-21/h5-8,10H,4,9H2,1-3H3,(H,17,22)(H,18,23). The number of aromatic nitrogens is 4. The number of nitrogens with zero attached hydrogens (tertiary/aromatic N) is 4. The molecule has 8 nitrogen and oxygen atoms in total. The largest absolute Gasteiger partial charge is 0.347 e. The van der Waals surface area contributed by atoms with Crippen LogP contribution in [-0.2, 0) is 11.3 Å². The first kappa shape index (κ1) is 16.6. The quantitative estimate of drug-likeness (QED) is 0.834. The summed E-state index contributed by atoms with van der Waals surface area (Å²) < 4.78 is 1.32. The fraction of sp³-hybridized carbons (Fsp3) is 0.400. The summed E-state index contributed by atoms with van der Waals surface area (Å²) in [5, 5.41) is 16.2. The maximum Gasteiger partial charge on any atom is 0.251 e. The number of hydrogen-bond donors (Lipinski definition) is 2. The molecule has 0 aliphatic carbocycles. The Morgan fingerprint density at radius 1 is 1.22 bits per heavy atom. The van der Waals surface area contributed by atoms with Crippen molar-refractivity contribution in [3.63, 3.8) is 0 Å². The van der Waals surface area contributed by atoms with Gasteiger partial charge in [0.15, 0.2) is 0 Å². The summed E-state index contributed by atoms with van der Waals surface area (Å²) in [7, 11) is 0. The maximum atomic E-state index is 12.1. The predicted octanol–water partition coefficient (Wildman–Crippen LogP) is 1.23. The van der Waals surface area contributed by atoms with Crippen LogP contribution >= 0.6 is 0 Å². The molecule has 23 heavy (non-hydrogen) atoms. The SMILES string of the molecule is CCC(C)(C)NC(=O)c1ccc(NC(=O)Cn2cnnn2)cc1. The Labute approximate surface area is 134 Å². The molecule has 1 aromatic carbocycles. The molecule has 0 unspecified atom stereocenters. The lowest BCUT2D eigenvalue weighted by molar-refractivity contribution is -0.116. The first-order valence-corrected chi connectivity index (χ1v) is 7.33. The number of nitrogens with one attached hydrogen (secondary N) is 2. The molecule has 2 N–H and O–H groups in total. The van der Waals surface area contributed by atoms with E-state index < -0.39 is 0 Å². The predicted molar refractivity (Wildman–Crippen MR) is 84.7 cm³/mol. The van der Waals surface area contributed by atoms with Crippen LogP contribution in [0.15, 0.2) is 30.6 Å². The van der Waals surface area contributed by atoms with E-state index in [1.165, 1.54) is 11.0 Å². The van der Waals surface area contributed by atoms with Crippen molar-refractivity contribution in [3.8, 4) is 0 Å². The van der Waals surface area contributed by atoms with E-state index in [-0.39, 0.29) is 23.9 Å². The van der Waals surface area contributed by atoms with Gasteiger partial charge < -0.3 is 10.6 Å². The van der Waals surface area contributed by atoms with Gasteiger partial charge in [-0.15, -0.1) is 5.10 Å². The van der Waals surface area contributed by atoms with Crippen LogP contribution in [0.2, 0.25) is 0 Å². The maximum absolute atomic E-state index is 12.1. The molecular weight excluding hydrogens is 296 g/mol. The molecule has 8 heteroatoms. The molecule has 2 rings (SSSR count). The summed E-state index contributed by atoms with van der Waals surface area (Å²) in [6, 6.07) is 6.72. The average molecular weight is 316 g/mol. The number of amides is 2. The zero-order valence-electron chi connectivity index (χ0n) is 13.4. The number of carbonyl (C=O) groups excluding carboxylic acids is 2. The molecule has 1 heterocycles. The van der Waals surface area contributed by atoms with E-state index in [0.717, 1.165) is 6.42 Å². The molecule has 0 radical (unpaired) electrons. The molecule has 0 saturated carbocycles. The molecule has 0 fully saturated rings. The summed E-state index contributed by atoms with van der Waals surface area (Å²) in [6.07, 6.45) is 2.20. The second kappa shape index (κ2) is 6.99. The molecule has 0 spiro atoms. The van der Waals surface area contributed by atoms with Gasteiger partial charge in [0.2, 0.25) is 5.91 Å². The molecule has 122 valence electrons. The number of benzene rings is 1. The van der Waals surface area contributed by atoms with Gasteiger partial charge in [-0.25, -0.2) is 4.68 Å². The number of carbonyl (C=O) groups is 2. The summed E-state index contributed by atoms with van der Waals surface area (Å²) in [6.45, 7) is 5.99. The van der Waals surface area contributed by atoms with Gasteiger partial charge in [-0.1, -0.05) is 6.92 Å². The van der Waals surface area contributed by atoms with Crippen molar-refractivity contribution in [2.24, 2.45) is 0 Å². The van der Waals surface area contributed by atoms with E-state index in [1.807, 2.05) is 20.8 Å². The summed E-state index contributed by atoms with van der Waals surface area (Å²) >= 11 is 0. The third-order valence-corrected chi connectivity index (χ3v) is 3.46. The summed E-state index contributed by atoms with van der Waals surface area (Å²) in [5.74, 6) is -0.384. The second-order valence-electron chi connectivity index (χ2n) is 5.82. The van der Waals surface area contributed by atoms with E-state index >= 15 is 0 Å². The Morgan fingerprint density at radius 2 is 1.91 bits per heavy atom.